The van der Waals surface area contributed by atoms with Crippen molar-refractivity contribution in [3.05, 3.63) is 0 Å². The summed E-state index contributed by atoms with van der Waals surface area (Å²) in [6.45, 7) is 3.36. The summed E-state index contributed by atoms with van der Waals surface area (Å²) in [7, 11) is 0. The summed E-state index contributed by atoms with van der Waals surface area (Å²) in [6, 6.07) is 0. The predicted molar refractivity (Wildman–Crippen MR) is 68.1 cm³/mol. The molecule has 0 aromatic rings. The molecule has 1 amide bonds. The van der Waals surface area contributed by atoms with Crippen LogP contribution in [-0.4, -0.2) is 44.9 Å². The second kappa shape index (κ2) is 6.50. The number of hydrogen-bond acceptors (Lipinski definition) is 4. The van der Waals surface area contributed by atoms with Crippen molar-refractivity contribution in [1.29, 1.82) is 0 Å². The van der Waals surface area contributed by atoms with Gasteiger partial charge in [0, 0.05) is 26.3 Å². The summed E-state index contributed by atoms with van der Waals surface area (Å²) in [5, 5.41) is 2.93. The molecule has 1 saturated heterocycles. The van der Waals surface area contributed by atoms with Crippen molar-refractivity contribution >= 4 is 5.91 Å². The Hall–Kier alpha value is -0.650. The zero-order valence-electron chi connectivity index (χ0n) is 11.0. The third-order valence-corrected chi connectivity index (χ3v) is 3.80. The lowest BCUT2D eigenvalue weighted by Crippen LogP contribution is -2.37. The summed E-state index contributed by atoms with van der Waals surface area (Å²) in [6.07, 6.45) is 5.25. The van der Waals surface area contributed by atoms with Gasteiger partial charge < -0.3 is 20.5 Å². The van der Waals surface area contributed by atoms with Crippen molar-refractivity contribution in [2.75, 3.05) is 32.9 Å². The maximum absolute atomic E-state index is 11.7. The first-order chi connectivity index (χ1) is 8.77. The molecule has 2 aliphatic rings. The Balaban J connectivity index is 1.45. The van der Waals surface area contributed by atoms with Crippen LogP contribution < -0.4 is 11.1 Å². The minimum absolute atomic E-state index is 0.115. The van der Waals surface area contributed by atoms with Gasteiger partial charge in [-0.3, -0.25) is 4.79 Å². The van der Waals surface area contributed by atoms with E-state index in [1.807, 2.05) is 0 Å². The highest BCUT2D eigenvalue weighted by Crippen LogP contribution is 2.44. The van der Waals surface area contributed by atoms with E-state index < -0.39 is 0 Å². The number of carbonyl (C=O) groups excluding carboxylic acids is 1. The Labute approximate surface area is 108 Å². The first-order valence-corrected chi connectivity index (χ1v) is 6.94. The van der Waals surface area contributed by atoms with Crippen molar-refractivity contribution in [2.24, 2.45) is 11.1 Å². The van der Waals surface area contributed by atoms with Gasteiger partial charge in [-0.05, 0) is 32.1 Å². The molecule has 18 heavy (non-hydrogen) atoms. The molecular weight excluding hydrogens is 232 g/mol. The Morgan fingerprint density at radius 3 is 2.94 bits per heavy atom. The molecule has 2 rings (SSSR count). The van der Waals surface area contributed by atoms with E-state index in [9.17, 15) is 4.79 Å². The van der Waals surface area contributed by atoms with Crippen molar-refractivity contribution < 1.29 is 14.3 Å². The summed E-state index contributed by atoms with van der Waals surface area (Å²) in [5.74, 6) is 0.115. The molecule has 1 unspecified atom stereocenters. The molecule has 0 aromatic carbocycles. The number of nitrogens with one attached hydrogen (secondary N) is 1. The SMILES string of the molecule is NCC1(C(=O)NCCCOCC2CCCO2)CC1. The summed E-state index contributed by atoms with van der Waals surface area (Å²) < 4.78 is 11.0. The lowest BCUT2D eigenvalue weighted by molar-refractivity contribution is -0.126. The third kappa shape index (κ3) is 3.67. The molecule has 1 heterocycles. The van der Waals surface area contributed by atoms with Crippen molar-refractivity contribution in [3.63, 3.8) is 0 Å². The van der Waals surface area contributed by atoms with Crippen molar-refractivity contribution in [1.82, 2.24) is 5.32 Å². The van der Waals surface area contributed by atoms with E-state index in [1.54, 1.807) is 0 Å². The largest absolute Gasteiger partial charge is 0.379 e. The third-order valence-electron chi connectivity index (χ3n) is 3.80. The number of carbonyl (C=O) groups is 1. The van der Waals surface area contributed by atoms with E-state index in [0.717, 1.165) is 38.7 Å². The van der Waals surface area contributed by atoms with Crippen LogP contribution in [0.4, 0.5) is 0 Å². The Kier molecular flexibility index (Phi) is 4.97. The molecule has 2 fully saturated rings. The average molecular weight is 256 g/mol. The molecule has 0 bridgehead atoms. The van der Waals surface area contributed by atoms with E-state index in [1.165, 1.54) is 0 Å². The fourth-order valence-corrected chi connectivity index (χ4v) is 2.23. The van der Waals surface area contributed by atoms with Crippen molar-refractivity contribution in [2.45, 2.75) is 38.2 Å². The molecule has 1 atom stereocenters. The molecule has 5 heteroatoms. The van der Waals surface area contributed by atoms with Crippen LogP contribution in [0.5, 0.6) is 0 Å². The number of rotatable bonds is 8. The van der Waals surface area contributed by atoms with Crippen LogP contribution >= 0.6 is 0 Å². The molecular formula is C13H24N2O3. The number of nitrogens with two attached hydrogens (primary N) is 1. The molecule has 0 radical (unpaired) electrons. The maximum Gasteiger partial charge on any atom is 0.227 e. The summed E-state index contributed by atoms with van der Waals surface area (Å²) in [4.78, 5) is 11.7. The number of amides is 1. The monoisotopic (exact) mass is 256 g/mol. The van der Waals surface area contributed by atoms with Crippen LogP contribution in [0.1, 0.15) is 32.1 Å². The van der Waals surface area contributed by atoms with E-state index in [2.05, 4.69) is 5.32 Å². The van der Waals surface area contributed by atoms with Gasteiger partial charge in [0.25, 0.3) is 0 Å². The van der Waals surface area contributed by atoms with E-state index in [0.29, 0.717) is 26.3 Å². The van der Waals surface area contributed by atoms with E-state index in [-0.39, 0.29) is 17.4 Å². The lowest BCUT2D eigenvalue weighted by atomic mass is 10.1. The summed E-state index contributed by atoms with van der Waals surface area (Å²) in [5.41, 5.74) is 5.35. The maximum atomic E-state index is 11.7. The van der Waals surface area contributed by atoms with Gasteiger partial charge in [0.05, 0.1) is 18.1 Å². The van der Waals surface area contributed by atoms with Crippen LogP contribution in [0.2, 0.25) is 0 Å². The van der Waals surface area contributed by atoms with Gasteiger partial charge in [-0.1, -0.05) is 0 Å². The topological polar surface area (TPSA) is 73.6 Å². The quantitative estimate of drug-likeness (QED) is 0.618. The first-order valence-electron chi connectivity index (χ1n) is 6.94. The minimum Gasteiger partial charge on any atom is -0.379 e. The number of ether oxygens (including phenoxy) is 2. The highest BCUT2D eigenvalue weighted by atomic mass is 16.5. The molecule has 104 valence electrons. The Morgan fingerprint density at radius 1 is 1.50 bits per heavy atom. The second-order valence-electron chi connectivity index (χ2n) is 5.30. The lowest BCUT2D eigenvalue weighted by Gasteiger charge is -2.13. The van der Waals surface area contributed by atoms with Gasteiger partial charge in [0.15, 0.2) is 0 Å². The molecule has 3 N–H and O–H groups in total. The Morgan fingerprint density at radius 2 is 2.33 bits per heavy atom. The van der Waals surface area contributed by atoms with E-state index in [4.69, 9.17) is 15.2 Å². The van der Waals surface area contributed by atoms with Crippen LogP contribution in [0.3, 0.4) is 0 Å². The Bertz CT molecular complexity index is 273. The first kappa shape index (κ1) is 13.8. The smallest absolute Gasteiger partial charge is 0.227 e. The van der Waals surface area contributed by atoms with Gasteiger partial charge in [-0.15, -0.1) is 0 Å². The fourth-order valence-electron chi connectivity index (χ4n) is 2.23. The highest BCUT2D eigenvalue weighted by molar-refractivity contribution is 5.85. The molecule has 1 aliphatic carbocycles. The van der Waals surface area contributed by atoms with E-state index >= 15 is 0 Å². The van der Waals surface area contributed by atoms with Gasteiger partial charge in [-0.2, -0.15) is 0 Å². The van der Waals surface area contributed by atoms with Crippen LogP contribution in [0.15, 0.2) is 0 Å². The van der Waals surface area contributed by atoms with Crippen molar-refractivity contribution in [3.8, 4) is 0 Å². The van der Waals surface area contributed by atoms with Gasteiger partial charge in [0.1, 0.15) is 0 Å². The molecule has 1 saturated carbocycles. The number of hydrogen-bond donors (Lipinski definition) is 2. The zero-order valence-corrected chi connectivity index (χ0v) is 11.0. The zero-order chi connectivity index (χ0) is 12.8. The second-order valence-corrected chi connectivity index (χ2v) is 5.30. The standard InChI is InChI=1S/C13H24N2O3/c14-10-13(4-5-13)12(16)15-6-2-7-17-9-11-3-1-8-18-11/h11H,1-10,14H2,(H,15,16). The molecule has 5 nitrogen and oxygen atoms in total. The molecule has 0 aromatic heterocycles. The summed E-state index contributed by atoms with van der Waals surface area (Å²) >= 11 is 0. The van der Waals surface area contributed by atoms with Gasteiger partial charge in [-0.25, -0.2) is 0 Å². The van der Waals surface area contributed by atoms with Gasteiger partial charge in [0.2, 0.25) is 5.91 Å². The van der Waals surface area contributed by atoms with Crippen LogP contribution in [-0.2, 0) is 14.3 Å². The minimum atomic E-state index is -0.238. The molecule has 0 spiro atoms. The predicted octanol–water partition coefficient (Wildman–Crippen LogP) is 0.427. The normalized spacial score (nSPS) is 25.1. The van der Waals surface area contributed by atoms with Gasteiger partial charge >= 0.3 is 0 Å². The molecule has 1 aliphatic heterocycles. The highest BCUT2D eigenvalue weighted by Gasteiger charge is 2.48. The van der Waals surface area contributed by atoms with Crippen LogP contribution in [0.25, 0.3) is 0 Å². The van der Waals surface area contributed by atoms with Crippen LogP contribution in [0, 0.1) is 5.41 Å². The average Bonchev–Trinajstić information content (AvgIpc) is 3.03. The fraction of sp³-hybridized carbons (Fsp3) is 0.923.